The van der Waals surface area contributed by atoms with Gasteiger partial charge in [0.15, 0.2) is 11.6 Å². The molecule has 1 aliphatic heterocycles. The van der Waals surface area contributed by atoms with E-state index < -0.39 is 23.7 Å². The van der Waals surface area contributed by atoms with Crippen LogP contribution in [0.5, 0.6) is 5.75 Å². The zero-order valence-electron chi connectivity index (χ0n) is 18.8. The van der Waals surface area contributed by atoms with Crippen molar-refractivity contribution in [3.63, 3.8) is 0 Å². The van der Waals surface area contributed by atoms with Crippen molar-refractivity contribution in [1.29, 1.82) is 0 Å². The van der Waals surface area contributed by atoms with Gasteiger partial charge in [-0.25, -0.2) is 0 Å². The molecule has 180 valence electrons. The number of phenolic OH excluding ortho intramolecular Hbond substituents is 1. The van der Waals surface area contributed by atoms with Crippen LogP contribution in [0.1, 0.15) is 24.3 Å². The van der Waals surface area contributed by atoms with Crippen molar-refractivity contribution in [2.45, 2.75) is 18.8 Å². The first-order chi connectivity index (χ1) is 17.3. The van der Waals surface area contributed by atoms with Crippen LogP contribution in [0.2, 0.25) is 5.02 Å². The van der Waals surface area contributed by atoms with Gasteiger partial charge in [0.2, 0.25) is 11.8 Å². The molecule has 0 bridgehead atoms. The molecule has 4 aliphatic rings. The summed E-state index contributed by atoms with van der Waals surface area (Å²) in [6, 6.07) is 13.3. The number of rotatable bonds is 2. The number of aromatic hydroxyl groups is 1. The van der Waals surface area contributed by atoms with Gasteiger partial charge in [-0.1, -0.05) is 41.4 Å². The molecule has 0 spiro atoms. The molecule has 1 saturated heterocycles. The summed E-state index contributed by atoms with van der Waals surface area (Å²) in [5.41, 5.74) is 2.40. The van der Waals surface area contributed by atoms with Crippen molar-refractivity contribution in [3.8, 4) is 5.75 Å². The average molecular weight is 565 g/mol. The molecule has 0 saturated carbocycles. The molecule has 1 heterocycles. The van der Waals surface area contributed by atoms with Crippen molar-refractivity contribution in [1.82, 2.24) is 0 Å². The minimum absolute atomic E-state index is 0.00325. The number of carbonyl (C=O) groups excluding carboxylic acids is 4. The third-order valence-electron chi connectivity index (χ3n) is 7.66. The highest BCUT2D eigenvalue weighted by atomic mass is 79.9. The zero-order chi connectivity index (χ0) is 25.3. The topological polar surface area (TPSA) is 91.8 Å². The third kappa shape index (κ3) is 3.29. The molecule has 4 atom stereocenters. The fourth-order valence-electron chi connectivity index (χ4n) is 6.14. The van der Waals surface area contributed by atoms with Gasteiger partial charge in [0.25, 0.3) is 0 Å². The van der Waals surface area contributed by atoms with Crippen molar-refractivity contribution in [3.05, 3.63) is 92.5 Å². The smallest absolute Gasteiger partial charge is 0.238 e. The molecule has 8 heteroatoms. The Hall–Kier alpha value is -3.29. The van der Waals surface area contributed by atoms with E-state index in [0.29, 0.717) is 33.8 Å². The molecule has 2 amide bonds. The van der Waals surface area contributed by atoms with E-state index in [2.05, 4.69) is 15.9 Å². The van der Waals surface area contributed by atoms with E-state index in [-0.39, 0.29) is 40.0 Å². The minimum Gasteiger partial charge on any atom is -0.508 e. The predicted molar refractivity (Wildman–Crippen MR) is 137 cm³/mol. The van der Waals surface area contributed by atoms with E-state index >= 15 is 0 Å². The molecule has 1 N–H and O–H groups in total. The summed E-state index contributed by atoms with van der Waals surface area (Å²) >= 11 is 9.21. The lowest BCUT2D eigenvalue weighted by Crippen LogP contribution is -2.39. The van der Waals surface area contributed by atoms with Crippen molar-refractivity contribution >= 4 is 56.6 Å². The summed E-state index contributed by atoms with van der Waals surface area (Å²) in [5.74, 6) is -3.60. The molecule has 6 rings (SSSR count). The first kappa shape index (κ1) is 23.1. The summed E-state index contributed by atoms with van der Waals surface area (Å²) in [5, 5.41) is 11.2. The highest BCUT2D eigenvalue weighted by Crippen LogP contribution is 2.56. The standard InChI is InChI=1S/C28H19BrClNO5/c29-20-12-22(33)25-19(26(20)34)11-18-15(23(25)16-3-1-2-4-21(16)32)9-10-17-24(18)28(36)31(27(17)35)14-7-5-13(30)6-8-14/h1-9,12,17-18,23-24,32H,10-11H2/t17-,18+,23+,24-/m0/s1. The molecule has 36 heavy (non-hydrogen) atoms. The summed E-state index contributed by atoms with van der Waals surface area (Å²) in [4.78, 5) is 54.8. The third-order valence-corrected chi connectivity index (χ3v) is 8.50. The number of para-hydroxylation sites is 1. The quantitative estimate of drug-likeness (QED) is 0.315. The summed E-state index contributed by atoms with van der Waals surface area (Å²) in [7, 11) is 0. The molecule has 0 aromatic heterocycles. The van der Waals surface area contributed by atoms with Gasteiger partial charge in [0, 0.05) is 33.7 Å². The molecule has 6 nitrogen and oxygen atoms in total. The van der Waals surface area contributed by atoms with Crippen LogP contribution in [-0.4, -0.2) is 28.5 Å². The van der Waals surface area contributed by atoms with E-state index in [1.54, 1.807) is 48.5 Å². The molecular weight excluding hydrogens is 546 g/mol. The zero-order valence-corrected chi connectivity index (χ0v) is 21.1. The van der Waals surface area contributed by atoms with E-state index in [9.17, 15) is 24.3 Å². The lowest BCUT2D eigenvalue weighted by molar-refractivity contribution is -0.123. The fourth-order valence-corrected chi connectivity index (χ4v) is 6.71. The number of ketones is 2. The van der Waals surface area contributed by atoms with E-state index in [1.807, 2.05) is 6.08 Å². The molecular formula is C28H19BrClNO5. The minimum atomic E-state index is -0.679. The summed E-state index contributed by atoms with van der Waals surface area (Å²) in [6.07, 6.45) is 3.70. The Morgan fingerprint density at radius 3 is 2.39 bits per heavy atom. The van der Waals surface area contributed by atoms with Crippen LogP contribution >= 0.6 is 27.5 Å². The second kappa shape index (κ2) is 8.39. The molecule has 0 unspecified atom stereocenters. The number of phenols is 1. The number of halogens is 2. The van der Waals surface area contributed by atoms with Crippen LogP contribution < -0.4 is 4.90 Å². The first-order valence-electron chi connectivity index (χ1n) is 11.6. The highest BCUT2D eigenvalue weighted by Gasteiger charge is 2.56. The summed E-state index contributed by atoms with van der Waals surface area (Å²) in [6.45, 7) is 0. The van der Waals surface area contributed by atoms with Crippen LogP contribution in [0, 0.1) is 17.8 Å². The molecule has 2 aromatic carbocycles. The number of hydrogen-bond donors (Lipinski definition) is 1. The van der Waals surface area contributed by atoms with Gasteiger partial charge in [-0.2, -0.15) is 0 Å². The molecule has 3 aliphatic carbocycles. The average Bonchev–Trinajstić information content (AvgIpc) is 3.12. The monoisotopic (exact) mass is 563 g/mol. The normalized spacial score (nSPS) is 27.4. The van der Waals surface area contributed by atoms with Crippen molar-refractivity contribution in [2.24, 2.45) is 17.8 Å². The second-order valence-corrected chi connectivity index (χ2v) is 10.7. The first-order valence-corrected chi connectivity index (χ1v) is 12.8. The lowest BCUT2D eigenvalue weighted by atomic mass is 9.59. The van der Waals surface area contributed by atoms with E-state index in [4.69, 9.17) is 11.6 Å². The molecule has 2 aromatic rings. The van der Waals surface area contributed by atoms with Gasteiger partial charge < -0.3 is 5.11 Å². The number of allylic oxidation sites excluding steroid dienone is 6. The Balaban J connectivity index is 1.49. The number of fused-ring (bicyclic) bond motifs is 3. The van der Waals surface area contributed by atoms with Crippen LogP contribution in [-0.2, 0) is 19.2 Å². The number of imide groups is 1. The number of Topliss-reactive ketones (excluding diaryl/α,β-unsaturated/α-hetero) is 1. The van der Waals surface area contributed by atoms with Crippen molar-refractivity contribution < 1.29 is 24.3 Å². The Morgan fingerprint density at radius 1 is 0.944 bits per heavy atom. The Bertz CT molecular complexity index is 1470. The number of nitrogens with zero attached hydrogens (tertiary/aromatic N) is 1. The van der Waals surface area contributed by atoms with Gasteiger partial charge in [-0.05, 0) is 65.0 Å². The second-order valence-electron chi connectivity index (χ2n) is 9.44. The number of amides is 2. The Kier molecular flexibility index (Phi) is 5.39. The van der Waals surface area contributed by atoms with Gasteiger partial charge in [-0.15, -0.1) is 0 Å². The SMILES string of the molecule is O=C1C=C(Br)C(=O)C2=C1[C@@H](c1ccccc1O)C1=CC[C@@H]3C(=O)N(c4ccc(Cl)cc4)C(=O)[C@@H]3[C@@H]1C2. The predicted octanol–water partition coefficient (Wildman–Crippen LogP) is 5.01. The maximum Gasteiger partial charge on any atom is 0.238 e. The Morgan fingerprint density at radius 2 is 1.67 bits per heavy atom. The van der Waals surface area contributed by atoms with Crippen LogP contribution in [0.3, 0.4) is 0 Å². The van der Waals surface area contributed by atoms with E-state index in [1.165, 1.54) is 11.0 Å². The number of benzene rings is 2. The van der Waals surface area contributed by atoms with Gasteiger partial charge in [0.1, 0.15) is 5.75 Å². The highest BCUT2D eigenvalue weighted by molar-refractivity contribution is 9.12. The number of hydrogen-bond acceptors (Lipinski definition) is 5. The van der Waals surface area contributed by atoms with Crippen molar-refractivity contribution in [2.75, 3.05) is 4.90 Å². The van der Waals surface area contributed by atoms with Crippen LogP contribution in [0.25, 0.3) is 0 Å². The van der Waals surface area contributed by atoms with Crippen LogP contribution in [0.4, 0.5) is 5.69 Å². The maximum atomic E-state index is 13.8. The fraction of sp³-hybridized carbons (Fsp3) is 0.214. The van der Waals surface area contributed by atoms with E-state index in [0.717, 1.165) is 5.57 Å². The van der Waals surface area contributed by atoms with Gasteiger partial charge >= 0.3 is 0 Å². The molecule has 0 radical (unpaired) electrons. The molecule has 1 fully saturated rings. The van der Waals surface area contributed by atoms with Gasteiger partial charge in [-0.3, -0.25) is 24.1 Å². The van der Waals surface area contributed by atoms with Gasteiger partial charge in [0.05, 0.1) is 22.0 Å². The van der Waals surface area contributed by atoms with Crippen LogP contribution in [0.15, 0.2) is 81.9 Å². The maximum absolute atomic E-state index is 13.8. The largest absolute Gasteiger partial charge is 0.508 e. The summed E-state index contributed by atoms with van der Waals surface area (Å²) < 4.78 is 0.165. The lowest BCUT2D eigenvalue weighted by Gasteiger charge is -2.42. The number of carbonyl (C=O) groups is 4. The number of anilines is 1. The Labute approximate surface area is 220 Å².